The highest BCUT2D eigenvalue weighted by atomic mass is 79.9. The molecule has 3 aromatic carbocycles. The number of methoxy groups -OCH3 is 1. The maximum Gasteiger partial charge on any atom is 0.161 e. The molecule has 0 bridgehead atoms. The molecular formula is C28H29BrN4OS. The number of nitrogens with zero attached hydrogens (tertiary/aromatic N) is 3. The van der Waals surface area contributed by atoms with Crippen molar-refractivity contribution in [3.63, 3.8) is 0 Å². The summed E-state index contributed by atoms with van der Waals surface area (Å²) in [6.07, 6.45) is 1.98. The van der Waals surface area contributed by atoms with Crippen LogP contribution in [-0.4, -0.2) is 36.7 Å². The van der Waals surface area contributed by atoms with Crippen LogP contribution in [0.15, 0.2) is 82.3 Å². The van der Waals surface area contributed by atoms with Gasteiger partial charge in [-0.25, -0.2) is 9.97 Å². The summed E-state index contributed by atoms with van der Waals surface area (Å²) in [5, 5.41) is 0.950. The van der Waals surface area contributed by atoms with E-state index >= 15 is 0 Å². The van der Waals surface area contributed by atoms with Gasteiger partial charge < -0.3 is 15.4 Å². The lowest BCUT2D eigenvalue weighted by Crippen LogP contribution is -2.47. The molecule has 180 valence electrons. The zero-order valence-corrected chi connectivity index (χ0v) is 22.2. The molecule has 1 saturated heterocycles. The van der Waals surface area contributed by atoms with Crippen LogP contribution in [0.4, 0.5) is 5.82 Å². The summed E-state index contributed by atoms with van der Waals surface area (Å²) in [6.45, 7) is 2.44. The predicted molar refractivity (Wildman–Crippen MR) is 148 cm³/mol. The molecule has 7 heteroatoms. The lowest BCUT2D eigenvalue weighted by Gasteiger charge is -2.42. The van der Waals surface area contributed by atoms with Gasteiger partial charge in [-0.15, -0.1) is 0 Å². The van der Waals surface area contributed by atoms with Crippen LogP contribution in [0.2, 0.25) is 0 Å². The van der Waals surface area contributed by atoms with Crippen LogP contribution < -0.4 is 15.4 Å². The lowest BCUT2D eigenvalue weighted by atomic mass is 9.73. The molecule has 1 aliphatic heterocycles. The number of nitrogens with two attached hydrogens (primary N) is 1. The summed E-state index contributed by atoms with van der Waals surface area (Å²) < 4.78 is 6.63. The van der Waals surface area contributed by atoms with Gasteiger partial charge in [0.15, 0.2) is 5.82 Å². The fraction of sp³-hybridized carbons (Fsp3) is 0.286. The molecule has 5 rings (SSSR count). The van der Waals surface area contributed by atoms with Crippen molar-refractivity contribution in [3.8, 4) is 5.75 Å². The van der Waals surface area contributed by atoms with Crippen molar-refractivity contribution in [2.45, 2.75) is 29.0 Å². The average Bonchev–Trinajstić information content (AvgIpc) is 2.92. The Labute approximate surface area is 219 Å². The Morgan fingerprint density at radius 2 is 1.66 bits per heavy atom. The Morgan fingerprint density at radius 1 is 0.971 bits per heavy atom. The van der Waals surface area contributed by atoms with Gasteiger partial charge in [0.05, 0.1) is 18.1 Å². The van der Waals surface area contributed by atoms with Crippen LogP contribution in [0.1, 0.15) is 24.0 Å². The van der Waals surface area contributed by atoms with Crippen molar-refractivity contribution in [1.29, 1.82) is 0 Å². The predicted octanol–water partition coefficient (Wildman–Crippen LogP) is 6.19. The number of piperidine rings is 1. The molecule has 0 atom stereocenters. The van der Waals surface area contributed by atoms with E-state index in [1.807, 2.05) is 36.4 Å². The fourth-order valence-corrected chi connectivity index (χ4v) is 6.23. The second kappa shape index (κ2) is 10.6. The molecule has 2 heterocycles. The molecular weight excluding hydrogens is 520 g/mol. The molecule has 4 aromatic rings. The van der Waals surface area contributed by atoms with Gasteiger partial charge in [0, 0.05) is 40.8 Å². The highest BCUT2D eigenvalue weighted by Crippen LogP contribution is 2.39. The maximum absolute atomic E-state index is 6.34. The van der Waals surface area contributed by atoms with Gasteiger partial charge in [-0.2, -0.15) is 0 Å². The summed E-state index contributed by atoms with van der Waals surface area (Å²) in [5.41, 5.74) is 10.7. The Hall–Kier alpha value is -2.61. The first-order chi connectivity index (χ1) is 17.1. The molecule has 1 aromatic heterocycles. The van der Waals surface area contributed by atoms with Gasteiger partial charge in [0.1, 0.15) is 10.8 Å². The molecule has 0 aliphatic carbocycles. The molecule has 35 heavy (non-hydrogen) atoms. The number of hydrogen-bond donors (Lipinski definition) is 1. The van der Waals surface area contributed by atoms with E-state index in [1.54, 1.807) is 18.9 Å². The van der Waals surface area contributed by atoms with Gasteiger partial charge in [0.25, 0.3) is 0 Å². The summed E-state index contributed by atoms with van der Waals surface area (Å²) >= 11 is 5.29. The number of hydrogen-bond acceptors (Lipinski definition) is 6. The Morgan fingerprint density at radius 3 is 2.34 bits per heavy atom. The Balaban J connectivity index is 1.44. The number of ether oxygens (including phenoxy) is 1. The molecule has 1 fully saturated rings. The molecule has 2 N–H and O–H groups in total. The monoisotopic (exact) mass is 548 g/mol. The molecule has 0 radical (unpaired) electrons. The smallest absolute Gasteiger partial charge is 0.161 e. The van der Waals surface area contributed by atoms with Crippen molar-refractivity contribution in [3.05, 3.63) is 88.4 Å². The van der Waals surface area contributed by atoms with Gasteiger partial charge in [-0.3, -0.25) is 0 Å². The van der Waals surface area contributed by atoms with Crippen LogP contribution in [0.3, 0.4) is 0 Å². The van der Waals surface area contributed by atoms with E-state index < -0.39 is 0 Å². The van der Waals surface area contributed by atoms with E-state index in [0.29, 0.717) is 6.54 Å². The number of halogens is 1. The van der Waals surface area contributed by atoms with E-state index in [9.17, 15) is 0 Å². The van der Waals surface area contributed by atoms with Crippen LogP contribution in [-0.2, 0) is 11.2 Å². The highest BCUT2D eigenvalue weighted by Gasteiger charge is 2.36. The second-order valence-electron chi connectivity index (χ2n) is 8.92. The molecule has 5 nitrogen and oxygen atoms in total. The second-order valence-corrected chi connectivity index (χ2v) is 10.8. The van der Waals surface area contributed by atoms with Gasteiger partial charge in [-0.05, 0) is 48.7 Å². The standard InChI is InChI=1S/C28H29BrN4OS/c1-34-25-12-11-22(29)17-20(25)18-35-27-26(31-23-9-5-6-10-24(23)32-27)33-15-13-28(19-30,14-16-33)21-7-3-2-4-8-21/h2-12,17H,13-16,18-19,30H2,1H3. The average molecular weight is 550 g/mol. The van der Waals surface area contributed by atoms with Gasteiger partial charge in [0.2, 0.25) is 0 Å². The number of benzene rings is 3. The minimum atomic E-state index is 0.0129. The molecule has 0 saturated carbocycles. The van der Waals surface area contributed by atoms with Crippen molar-refractivity contribution in [1.82, 2.24) is 9.97 Å². The van der Waals surface area contributed by atoms with Crippen LogP contribution in [0, 0.1) is 0 Å². The normalized spacial score (nSPS) is 15.3. The zero-order chi connectivity index (χ0) is 24.3. The minimum absolute atomic E-state index is 0.0129. The van der Waals surface area contributed by atoms with Gasteiger partial charge in [-0.1, -0.05) is 70.2 Å². The Bertz CT molecular complexity index is 1310. The number of para-hydroxylation sites is 2. The highest BCUT2D eigenvalue weighted by molar-refractivity contribution is 9.10. The third kappa shape index (κ3) is 5.03. The van der Waals surface area contributed by atoms with Crippen molar-refractivity contribution in [2.24, 2.45) is 5.73 Å². The van der Waals surface area contributed by atoms with Crippen molar-refractivity contribution < 1.29 is 4.74 Å². The van der Waals surface area contributed by atoms with E-state index in [0.717, 1.165) is 69.3 Å². The summed E-state index contributed by atoms with van der Waals surface area (Å²) in [6, 6.07) is 24.9. The van der Waals surface area contributed by atoms with E-state index in [4.69, 9.17) is 20.4 Å². The third-order valence-corrected chi connectivity index (χ3v) is 8.42. The van der Waals surface area contributed by atoms with Gasteiger partial charge >= 0.3 is 0 Å². The van der Waals surface area contributed by atoms with Crippen LogP contribution >= 0.6 is 27.7 Å². The zero-order valence-electron chi connectivity index (χ0n) is 19.8. The maximum atomic E-state index is 6.34. The fourth-order valence-electron chi connectivity index (χ4n) is 4.83. The van der Waals surface area contributed by atoms with Crippen LogP contribution in [0.5, 0.6) is 5.75 Å². The lowest BCUT2D eigenvalue weighted by molar-refractivity contribution is 0.338. The van der Waals surface area contributed by atoms with E-state index in [1.165, 1.54) is 5.56 Å². The first-order valence-corrected chi connectivity index (χ1v) is 13.6. The topological polar surface area (TPSA) is 64.3 Å². The van der Waals surface area contributed by atoms with E-state index in [-0.39, 0.29) is 5.41 Å². The molecule has 1 aliphatic rings. The third-order valence-electron chi connectivity index (χ3n) is 6.93. The first-order valence-electron chi connectivity index (χ1n) is 11.8. The Kier molecular flexibility index (Phi) is 7.27. The largest absolute Gasteiger partial charge is 0.496 e. The summed E-state index contributed by atoms with van der Waals surface area (Å²) in [7, 11) is 1.71. The first kappa shape index (κ1) is 24.1. The van der Waals surface area contributed by atoms with E-state index in [2.05, 4.69) is 57.2 Å². The number of thioether (sulfide) groups is 1. The molecule has 0 unspecified atom stereocenters. The SMILES string of the molecule is COc1ccc(Br)cc1CSc1nc2ccccc2nc1N1CCC(CN)(c2ccccc2)CC1. The van der Waals surface area contributed by atoms with Crippen molar-refractivity contribution in [2.75, 3.05) is 31.6 Å². The van der Waals surface area contributed by atoms with Crippen molar-refractivity contribution >= 4 is 44.5 Å². The molecule has 0 amide bonds. The quantitative estimate of drug-likeness (QED) is 0.278. The number of anilines is 1. The summed E-state index contributed by atoms with van der Waals surface area (Å²) in [5.74, 6) is 2.58. The summed E-state index contributed by atoms with van der Waals surface area (Å²) in [4.78, 5) is 12.5. The molecule has 0 spiro atoms. The number of fused-ring (bicyclic) bond motifs is 1. The number of aromatic nitrogens is 2. The van der Waals surface area contributed by atoms with Crippen LogP contribution in [0.25, 0.3) is 11.0 Å². The number of rotatable bonds is 7. The minimum Gasteiger partial charge on any atom is -0.496 e.